The molecule has 1 aliphatic rings. The van der Waals surface area contributed by atoms with Crippen LogP contribution in [0.2, 0.25) is 0 Å². The van der Waals surface area contributed by atoms with Crippen molar-refractivity contribution in [3.8, 4) is 0 Å². The normalized spacial score (nSPS) is 16.8. The topological polar surface area (TPSA) is 46.1 Å². The van der Waals surface area contributed by atoms with E-state index in [2.05, 4.69) is 9.97 Å². The zero-order valence-electron chi connectivity index (χ0n) is 11.0. The van der Waals surface area contributed by atoms with Crippen molar-refractivity contribution in [3.63, 3.8) is 0 Å². The van der Waals surface area contributed by atoms with Gasteiger partial charge in [-0.1, -0.05) is 36.1 Å². The smallest absolute Gasteiger partial charge is 0.266 e. The Kier molecular flexibility index (Phi) is 4.08. The lowest BCUT2D eigenvalue weighted by Crippen LogP contribution is -2.27. The van der Waals surface area contributed by atoms with Crippen molar-refractivity contribution in [1.29, 1.82) is 0 Å². The van der Waals surface area contributed by atoms with Crippen molar-refractivity contribution in [2.75, 3.05) is 0 Å². The predicted octanol–water partition coefficient (Wildman–Crippen LogP) is 2.88. The lowest BCUT2D eigenvalue weighted by Gasteiger charge is -2.13. The van der Waals surface area contributed by atoms with Crippen molar-refractivity contribution < 1.29 is 4.79 Å². The molecule has 6 heteroatoms. The molecule has 3 heterocycles. The van der Waals surface area contributed by atoms with Crippen LogP contribution in [0.1, 0.15) is 11.1 Å². The number of nitrogens with zero attached hydrogens (tertiary/aromatic N) is 3. The number of thiocarbonyl (C=S) groups is 1. The molecule has 1 amide bonds. The average Bonchev–Trinajstić information content (AvgIpc) is 2.77. The Morgan fingerprint density at radius 3 is 2.62 bits per heavy atom. The molecular formula is C15H11N3OS2. The fraction of sp³-hybridized carbons (Fsp3) is 0.0667. The molecule has 0 atom stereocenters. The molecule has 1 aliphatic heterocycles. The van der Waals surface area contributed by atoms with Crippen molar-refractivity contribution in [3.05, 3.63) is 65.1 Å². The van der Waals surface area contributed by atoms with E-state index >= 15 is 0 Å². The minimum absolute atomic E-state index is 0.0716. The standard InChI is InChI=1S/C15H11N3OS2/c19-14-13(7-11-3-1-5-16-8-11)21-15(20)18(14)10-12-4-2-6-17-9-12/h1-9H,10H2/b13-7+. The first-order valence-electron chi connectivity index (χ1n) is 6.28. The molecule has 4 nitrogen and oxygen atoms in total. The van der Waals surface area contributed by atoms with Crippen LogP contribution in [0.3, 0.4) is 0 Å². The molecular weight excluding hydrogens is 302 g/mol. The summed E-state index contributed by atoms with van der Waals surface area (Å²) in [5.74, 6) is -0.0716. The van der Waals surface area contributed by atoms with Crippen LogP contribution in [-0.2, 0) is 11.3 Å². The van der Waals surface area contributed by atoms with Crippen LogP contribution in [0.4, 0.5) is 0 Å². The van der Waals surface area contributed by atoms with Gasteiger partial charge in [-0.15, -0.1) is 0 Å². The average molecular weight is 313 g/mol. The van der Waals surface area contributed by atoms with Crippen molar-refractivity contribution in [2.45, 2.75) is 6.54 Å². The second-order valence-electron chi connectivity index (χ2n) is 4.42. The van der Waals surface area contributed by atoms with Gasteiger partial charge < -0.3 is 0 Å². The van der Waals surface area contributed by atoms with Gasteiger partial charge in [-0.05, 0) is 29.3 Å². The highest BCUT2D eigenvalue weighted by Crippen LogP contribution is 2.33. The summed E-state index contributed by atoms with van der Waals surface area (Å²) in [5.41, 5.74) is 1.84. The van der Waals surface area contributed by atoms with E-state index in [1.165, 1.54) is 11.8 Å². The predicted molar refractivity (Wildman–Crippen MR) is 87.2 cm³/mol. The van der Waals surface area contributed by atoms with E-state index in [4.69, 9.17) is 12.2 Å². The first-order valence-corrected chi connectivity index (χ1v) is 7.51. The number of hydrogen-bond acceptors (Lipinski definition) is 5. The Balaban J connectivity index is 1.81. The van der Waals surface area contributed by atoms with Crippen LogP contribution in [0.25, 0.3) is 6.08 Å². The molecule has 0 saturated carbocycles. The molecule has 0 aliphatic carbocycles. The second-order valence-corrected chi connectivity index (χ2v) is 6.09. The Labute approximate surface area is 131 Å². The van der Waals surface area contributed by atoms with Crippen molar-refractivity contribution in [1.82, 2.24) is 14.9 Å². The number of rotatable bonds is 3. The summed E-state index contributed by atoms with van der Waals surface area (Å²) in [6.07, 6.45) is 8.67. The second kappa shape index (κ2) is 6.15. The monoisotopic (exact) mass is 313 g/mol. The molecule has 0 spiro atoms. The fourth-order valence-corrected chi connectivity index (χ4v) is 3.18. The summed E-state index contributed by atoms with van der Waals surface area (Å²) in [7, 11) is 0. The molecule has 0 N–H and O–H groups in total. The van der Waals surface area contributed by atoms with E-state index in [1.807, 2.05) is 30.3 Å². The summed E-state index contributed by atoms with van der Waals surface area (Å²) in [5, 5.41) is 0. The molecule has 2 aromatic heterocycles. The summed E-state index contributed by atoms with van der Waals surface area (Å²) < 4.78 is 0.569. The molecule has 0 radical (unpaired) electrons. The zero-order valence-corrected chi connectivity index (χ0v) is 12.6. The highest BCUT2D eigenvalue weighted by Gasteiger charge is 2.31. The number of thioether (sulfide) groups is 1. The molecule has 0 unspecified atom stereocenters. The molecule has 1 fully saturated rings. The van der Waals surface area contributed by atoms with Crippen molar-refractivity contribution in [2.24, 2.45) is 0 Å². The summed E-state index contributed by atoms with van der Waals surface area (Å²) in [6, 6.07) is 7.51. The maximum atomic E-state index is 12.4. The minimum Gasteiger partial charge on any atom is -0.288 e. The largest absolute Gasteiger partial charge is 0.288 e. The van der Waals surface area contributed by atoms with Gasteiger partial charge in [0.15, 0.2) is 0 Å². The highest BCUT2D eigenvalue weighted by molar-refractivity contribution is 8.26. The van der Waals surface area contributed by atoms with Crippen LogP contribution in [-0.4, -0.2) is 25.1 Å². The number of carbonyl (C=O) groups is 1. The van der Waals surface area contributed by atoms with E-state index in [0.717, 1.165) is 11.1 Å². The van der Waals surface area contributed by atoms with Crippen LogP contribution < -0.4 is 0 Å². The van der Waals surface area contributed by atoms with Crippen LogP contribution in [0.15, 0.2) is 54.0 Å². The molecule has 0 aromatic carbocycles. The van der Waals surface area contributed by atoms with E-state index in [0.29, 0.717) is 15.8 Å². The van der Waals surface area contributed by atoms with E-state index in [9.17, 15) is 4.79 Å². The molecule has 0 bridgehead atoms. The quantitative estimate of drug-likeness (QED) is 0.644. The number of carbonyl (C=O) groups excluding carboxylic acids is 1. The lowest BCUT2D eigenvalue weighted by molar-refractivity contribution is -0.122. The Morgan fingerprint density at radius 1 is 1.19 bits per heavy atom. The summed E-state index contributed by atoms with van der Waals surface area (Å²) >= 11 is 6.62. The molecule has 21 heavy (non-hydrogen) atoms. The number of aromatic nitrogens is 2. The van der Waals surface area contributed by atoms with Crippen LogP contribution in [0.5, 0.6) is 0 Å². The van der Waals surface area contributed by atoms with Gasteiger partial charge in [0.2, 0.25) is 0 Å². The summed E-state index contributed by atoms with van der Waals surface area (Å²) in [4.78, 5) is 22.7. The molecule has 3 rings (SSSR count). The number of pyridine rings is 2. The fourth-order valence-electron chi connectivity index (χ4n) is 1.92. The van der Waals surface area contributed by atoms with Crippen LogP contribution in [0, 0.1) is 0 Å². The third-order valence-corrected chi connectivity index (χ3v) is 4.30. The number of hydrogen-bond donors (Lipinski definition) is 0. The first kappa shape index (κ1) is 13.9. The van der Waals surface area contributed by atoms with E-state index in [1.54, 1.807) is 29.7 Å². The van der Waals surface area contributed by atoms with Crippen molar-refractivity contribution >= 4 is 40.3 Å². The SMILES string of the molecule is O=C1/C(=C\c2cccnc2)SC(=S)N1Cc1cccnc1. The van der Waals surface area contributed by atoms with E-state index < -0.39 is 0 Å². The van der Waals surface area contributed by atoms with Gasteiger partial charge >= 0.3 is 0 Å². The highest BCUT2D eigenvalue weighted by atomic mass is 32.2. The van der Waals surface area contributed by atoms with Gasteiger partial charge in [-0.3, -0.25) is 19.7 Å². The first-order chi connectivity index (χ1) is 10.2. The Morgan fingerprint density at radius 2 is 1.95 bits per heavy atom. The maximum absolute atomic E-state index is 12.4. The van der Waals surface area contributed by atoms with Gasteiger partial charge in [-0.2, -0.15) is 0 Å². The molecule has 104 valence electrons. The Bertz CT molecular complexity index is 701. The third kappa shape index (κ3) is 3.17. The maximum Gasteiger partial charge on any atom is 0.266 e. The van der Waals surface area contributed by atoms with Gasteiger partial charge in [-0.25, -0.2) is 0 Å². The molecule has 1 saturated heterocycles. The minimum atomic E-state index is -0.0716. The van der Waals surface area contributed by atoms with Crippen LogP contribution >= 0.6 is 24.0 Å². The van der Waals surface area contributed by atoms with Gasteiger partial charge in [0.25, 0.3) is 5.91 Å². The zero-order chi connectivity index (χ0) is 14.7. The number of amides is 1. The van der Waals surface area contributed by atoms with Gasteiger partial charge in [0.1, 0.15) is 4.32 Å². The lowest BCUT2D eigenvalue weighted by atomic mass is 10.2. The third-order valence-electron chi connectivity index (χ3n) is 2.92. The Hall–Kier alpha value is -2.05. The summed E-state index contributed by atoms with van der Waals surface area (Å²) in [6.45, 7) is 0.447. The van der Waals surface area contributed by atoms with Gasteiger partial charge in [0, 0.05) is 24.8 Å². The van der Waals surface area contributed by atoms with E-state index in [-0.39, 0.29) is 5.91 Å². The van der Waals surface area contributed by atoms with Gasteiger partial charge in [0.05, 0.1) is 11.4 Å². The molecule has 2 aromatic rings.